The Balaban J connectivity index is 2.33. The third-order valence-corrected chi connectivity index (χ3v) is 3.37. The quantitative estimate of drug-likeness (QED) is 0.668. The van der Waals surface area contributed by atoms with E-state index in [1.807, 2.05) is 0 Å². The zero-order valence-electron chi connectivity index (χ0n) is 11.6. The average molecular weight is 306 g/mol. The number of aromatic hydroxyl groups is 1. The van der Waals surface area contributed by atoms with Crippen LogP contribution in [-0.2, 0) is 9.53 Å². The number of Topliss-reactive ketones (excluding diaryl/α,β-unsaturated/α-hetero) is 1. The van der Waals surface area contributed by atoms with Gasteiger partial charge in [-0.25, -0.2) is 0 Å². The SMILES string of the molecule is COC(=O)C[C@H](O)[C@H](O)C1=CC(=O)c2c(O)cccc2C1=O. The maximum absolute atomic E-state index is 12.3. The fourth-order valence-corrected chi connectivity index (χ4v) is 2.22. The third kappa shape index (κ3) is 2.76. The number of rotatable bonds is 4. The van der Waals surface area contributed by atoms with Gasteiger partial charge < -0.3 is 20.1 Å². The minimum Gasteiger partial charge on any atom is -0.507 e. The van der Waals surface area contributed by atoms with Crippen molar-refractivity contribution in [2.45, 2.75) is 18.6 Å². The van der Waals surface area contributed by atoms with Gasteiger partial charge in [0.1, 0.15) is 11.9 Å². The topological polar surface area (TPSA) is 121 Å². The highest BCUT2D eigenvalue weighted by molar-refractivity contribution is 6.25. The smallest absolute Gasteiger partial charge is 0.308 e. The zero-order chi connectivity index (χ0) is 16.4. The Labute approximate surface area is 125 Å². The first-order valence-corrected chi connectivity index (χ1v) is 6.42. The second-order valence-corrected chi connectivity index (χ2v) is 4.79. The number of aliphatic hydroxyl groups excluding tert-OH is 2. The number of hydrogen-bond donors (Lipinski definition) is 3. The van der Waals surface area contributed by atoms with Crippen molar-refractivity contribution in [3.8, 4) is 5.75 Å². The fraction of sp³-hybridized carbons (Fsp3) is 0.267. The van der Waals surface area contributed by atoms with Crippen LogP contribution in [0, 0.1) is 0 Å². The lowest BCUT2D eigenvalue weighted by Crippen LogP contribution is -2.35. The molecule has 0 aliphatic heterocycles. The van der Waals surface area contributed by atoms with E-state index < -0.39 is 36.2 Å². The Morgan fingerprint density at radius 1 is 1.27 bits per heavy atom. The van der Waals surface area contributed by atoms with E-state index in [-0.39, 0.29) is 22.4 Å². The first-order valence-electron chi connectivity index (χ1n) is 6.42. The molecule has 1 aromatic rings. The number of allylic oxidation sites excluding steroid dienone is 1. The third-order valence-electron chi connectivity index (χ3n) is 3.37. The van der Waals surface area contributed by atoms with Crippen molar-refractivity contribution in [3.05, 3.63) is 41.0 Å². The van der Waals surface area contributed by atoms with Crippen molar-refractivity contribution >= 4 is 17.5 Å². The van der Waals surface area contributed by atoms with Gasteiger partial charge in [0.15, 0.2) is 11.6 Å². The highest BCUT2D eigenvalue weighted by atomic mass is 16.5. The number of benzene rings is 1. The van der Waals surface area contributed by atoms with Crippen molar-refractivity contribution in [3.63, 3.8) is 0 Å². The molecule has 0 unspecified atom stereocenters. The van der Waals surface area contributed by atoms with Crippen molar-refractivity contribution < 1.29 is 34.4 Å². The van der Waals surface area contributed by atoms with Gasteiger partial charge in [-0.3, -0.25) is 14.4 Å². The summed E-state index contributed by atoms with van der Waals surface area (Å²) < 4.78 is 4.36. The van der Waals surface area contributed by atoms with Crippen molar-refractivity contribution in [2.24, 2.45) is 0 Å². The number of carbonyl (C=O) groups is 3. The van der Waals surface area contributed by atoms with Gasteiger partial charge in [-0.1, -0.05) is 12.1 Å². The minimum atomic E-state index is -1.72. The van der Waals surface area contributed by atoms with Crippen LogP contribution in [0.1, 0.15) is 27.1 Å². The summed E-state index contributed by atoms with van der Waals surface area (Å²) in [6, 6.07) is 3.99. The average Bonchev–Trinajstić information content (AvgIpc) is 2.49. The monoisotopic (exact) mass is 306 g/mol. The van der Waals surface area contributed by atoms with E-state index in [9.17, 15) is 29.7 Å². The Morgan fingerprint density at radius 3 is 2.59 bits per heavy atom. The van der Waals surface area contributed by atoms with Crippen LogP contribution >= 0.6 is 0 Å². The van der Waals surface area contributed by atoms with E-state index in [2.05, 4.69) is 4.74 Å². The van der Waals surface area contributed by atoms with E-state index in [1.165, 1.54) is 18.2 Å². The first-order chi connectivity index (χ1) is 10.4. The Bertz CT molecular complexity index is 674. The maximum Gasteiger partial charge on any atom is 0.308 e. The fourth-order valence-electron chi connectivity index (χ4n) is 2.22. The summed E-state index contributed by atoms with van der Waals surface area (Å²) in [5.41, 5.74) is -0.544. The Morgan fingerprint density at radius 2 is 1.95 bits per heavy atom. The standard InChI is InChI=1S/C15H14O7/c1-22-12(19)6-11(18)15(21)8-5-10(17)13-7(14(8)20)3-2-4-9(13)16/h2-5,11,15-16,18,21H,6H2,1H3/t11-,15+/m0/s1. The molecular weight excluding hydrogens is 292 g/mol. The van der Waals surface area contributed by atoms with Crippen LogP contribution in [0.3, 0.4) is 0 Å². The van der Waals surface area contributed by atoms with Crippen molar-refractivity contribution in [2.75, 3.05) is 7.11 Å². The molecule has 1 aliphatic rings. The van der Waals surface area contributed by atoms with Gasteiger partial charge in [0.05, 0.1) is 25.2 Å². The molecule has 7 nitrogen and oxygen atoms in total. The first kappa shape index (κ1) is 15.9. The molecule has 0 aromatic heterocycles. The number of aliphatic hydroxyl groups is 2. The molecule has 22 heavy (non-hydrogen) atoms. The molecule has 0 saturated heterocycles. The van der Waals surface area contributed by atoms with Gasteiger partial charge in [-0.05, 0) is 12.1 Å². The van der Waals surface area contributed by atoms with Crippen LogP contribution < -0.4 is 0 Å². The lowest BCUT2D eigenvalue weighted by Gasteiger charge is -2.22. The normalized spacial score (nSPS) is 16.6. The Kier molecular flexibility index (Phi) is 4.39. The number of hydrogen-bond acceptors (Lipinski definition) is 7. The number of carbonyl (C=O) groups excluding carboxylic acids is 3. The summed E-state index contributed by atoms with van der Waals surface area (Å²) in [5, 5.41) is 29.4. The van der Waals surface area contributed by atoms with Gasteiger partial charge in [-0.2, -0.15) is 0 Å². The predicted molar refractivity (Wildman–Crippen MR) is 73.5 cm³/mol. The van der Waals surface area contributed by atoms with Crippen LogP contribution in [0.25, 0.3) is 0 Å². The summed E-state index contributed by atoms with van der Waals surface area (Å²) in [7, 11) is 1.12. The highest BCUT2D eigenvalue weighted by Gasteiger charge is 2.34. The molecule has 2 atom stereocenters. The second kappa shape index (κ2) is 6.08. The summed E-state index contributed by atoms with van der Waals surface area (Å²) >= 11 is 0. The van der Waals surface area contributed by atoms with E-state index in [4.69, 9.17) is 0 Å². The van der Waals surface area contributed by atoms with Crippen LogP contribution in [0.15, 0.2) is 29.8 Å². The van der Waals surface area contributed by atoms with Crippen LogP contribution in [0.2, 0.25) is 0 Å². The molecule has 0 amide bonds. The Hall–Kier alpha value is -2.51. The van der Waals surface area contributed by atoms with Crippen molar-refractivity contribution in [1.29, 1.82) is 0 Å². The van der Waals surface area contributed by atoms with E-state index in [0.29, 0.717) is 0 Å². The van der Waals surface area contributed by atoms with Crippen molar-refractivity contribution in [1.82, 2.24) is 0 Å². The van der Waals surface area contributed by atoms with Gasteiger partial charge >= 0.3 is 5.97 Å². The number of ketones is 2. The molecule has 0 bridgehead atoms. The number of esters is 1. The summed E-state index contributed by atoms with van der Waals surface area (Å²) in [4.78, 5) is 35.4. The van der Waals surface area contributed by atoms with Gasteiger partial charge in [-0.15, -0.1) is 0 Å². The summed E-state index contributed by atoms with van der Waals surface area (Å²) in [6.45, 7) is 0. The number of phenols is 1. The van der Waals surface area contributed by atoms with E-state index in [0.717, 1.165) is 13.2 Å². The number of fused-ring (bicyclic) bond motifs is 1. The largest absolute Gasteiger partial charge is 0.507 e. The molecule has 0 radical (unpaired) electrons. The minimum absolute atomic E-state index is 0.0631. The van der Waals surface area contributed by atoms with E-state index in [1.54, 1.807) is 0 Å². The molecule has 0 spiro atoms. The highest BCUT2D eigenvalue weighted by Crippen LogP contribution is 2.30. The number of methoxy groups -OCH3 is 1. The molecule has 2 rings (SSSR count). The molecule has 1 aliphatic carbocycles. The lowest BCUT2D eigenvalue weighted by molar-refractivity contribution is -0.144. The maximum atomic E-state index is 12.3. The summed E-state index contributed by atoms with van der Waals surface area (Å²) in [6.07, 6.45) is -2.97. The number of ether oxygens (including phenoxy) is 1. The molecule has 7 heteroatoms. The molecule has 0 heterocycles. The van der Waals surface area contributed by atoms with Crippen LogP contribution in [0.5, 0.6) is 5.75 Å². The predicted octanol–water partition coefficient (Wildman–Crippen LogP) is -0.0175. The molecule has 116 valence electrons. The van der Waals surface area contributed by atoms with Gasteiger partial charge in [0.25, 0.3) is 0 Å². The zero-order valence-corrected chi connectivity index (χ0v) is 11.6. The van der Waals surface area contributed by atoms with Crippen LogP contribution in [-0.4, -0.2) is 52.2 Å². The number of phenolic OH excluding ortho intramolecular Hbond substituents is 1. The summed E-state index contributed by atoms with van der Waals surface area (Å²) in [5.74, 6) is -2.45. The van der Waals surface area contributed by atoms with Gasteiger partial charge in [0, 0.05) is 11.1 Å². The molecule has 1 aromatic carbocycles. The van der Waals surface area contributed by atoms with Crippen LogP contribution in [0.4, 0.5) is 0 Å². The second-order valence-electron chi connectivity index (χ2n) is 4.79. The molecule has 3 N–H and O–H groups in total. The lowest BCUT2D eigenvalue weighted by atomic mass is 9.85. The molecule has 0 saturated carbocycles. The molecule has 0 fully saturated rings. The van der Waals surface area contributed by atoms with E-state index >= 15 is 0 Å². The molecular formula is C15H14O7. The van der Waals surface area contributed by atoms with Gasteiger partial charge in [0.2, 0.25) is 0 Å².